The number of anilines is 1. The fraction of sp³-hybridized carbons (Fsp3) is 0.368. The molecule has 0 radical (unpaired) electrons. The van der Waals surface area contributed by atoms with Crippen LogP contribution in [-0.2, 0) is 12.7 Å². The summed E-state index contributed by atoms with van der Waals surface area (Å²) < 4.78 is 41.7. The topological polar surface area (TPSA) is 68.5 Å². The van der Waals surface area contributed by atoms with Gasteiger partial charge in [0.05, 0.1) is 18.3 Å². The van der Waals surface area contributed by atoms with E-state index in [4.69, 9.17) is 0 Å². The molecule has 6 nitrogen and oxygen atoms in total. The minimum Gasteiger partial charge on any atom is -0.364 e. The lowest BCUT2D eigenvalue weighted by Gasteiger charge is -2.11. The first-order valence-electron chi connectivity index (χ1n) is 9.14. The lowest BCUT2D eigenvalue weighted by molar-refractivity contribution is -0.141. The number of nitrogens with zero attached hydrogens (tertiary/aromatic N) is 5. The van der Waals surface area contributed by atoms with Crippen LogP contribution in [0.2, 0.25) is 0 Å². The van der Waals surface area contributed by atoms with Crippen LogP contribution in [0.25, 0.3) is 11.5 Å². The fourth-order valence-electron chi connectivity index (χ4n) is 3.32. The molecule has 1 aliphatic carbocycles. The van der Waals surface area contributed by atoms with E-state index >= 15 is 0 Å². The van der Waals surface area contributed by atoms with Gasteiger partial charge in [-0.1, -0.05) is 18.9 Å². The molecule has 0 aliphatic heterocycles. The largest absolute Gasteiger partial charge is 0.433 e. The number of aromatic nitrogens is 5. The normalized spacial score (nSPS) is 15.1. The van der Waals surface area contributed by atoms with E-state index in [1.165, 1.54) is 19.0 Å². The van der Waals surface area contributed by atoms with E-state index in [0.717, 1.165) is 24.6 Å². The second kappa shape index (κ2) is 7.57. The third-order valence-electron chi connectivity index (χ3n) is 4.72. The van der Waals surface area contributed by atoms with E-state index in [1.807, 2.05) is 16.9 Å². The zero-order valence-corrected chi connectivity index (χ0v) is 15.0. The van der Waals surface area contributed by atoms with Crippen LogP contribution in [0.1, 0.15) is 43.1 Å². The van der Waals surface area contributed by atoms with Crippen LogP contribution in [0, 0.1) is 0 Å². The summed E-state index contributed by atoms with van der Waals surface area (Å²) in [5.41, 5.74) is 0.0164. The summed E-state index contributed by atoms with van der Waals surface area (Å²) in [7, 11) is 0. The van der Waals surface area contributed by atoms with Crippen LogP contribution in [0.3, 0.4) is 0 Å². The predicted molar refractivity (Wildman–Crippen MR) is 97.3 cm³/mol. The SMILES string of the molecule is FC(F)(F)c1cc(NCc2ccn(C3CCCC3)n2)nc(-c2ccccn2)n1. The molecule has 1 fully saturated rings. The van der Waals surface area contributed by atoms with Crippen molar-refractivity contribution < 1.29 is 13.2 Å². The molecule has 1 N–H and O–H groups in total. The average Bonchev–Trinajstić information content (AvgIpc) is 3.38. The number of alkyl halides is 3. The van der Waals surface area contributed by atoms with Crippen molar-refractivity contribution in [2.75, 3.05) is 5.32 Å². The smallest absolute Gasteiger partial charge is 0.364 e. The molecule has 0 saturated heterocycles. The molecule has 0 spiro atoms. The van der Waals surface area contributed by atoms with Crippen molar-refractivity contribution in [1.82, 2.24) is 24.7 Å². The molecule has 0 unspecified atom stereocenters. The predicted octanol–water partition coefficient (Wildman–Crippen LogP) is 4.48. The summed E-state index contributed by atoms with van der Waals surface area (Å²) in [6.45, 7) is 0.274. The van der Waals surface area contributed by atoms with Gasteiger partial charge in [0, 0.05) is 18.5 Å². The first-order valence-corrected chi connectivity index (χ1v) is 9.14. The molecule has 28 heavy (non-hydrogen) atoms. The highest BCUT2D eigenvalue weighted by Crippen LogP contribution is 2.31. The van der Waals surface area contributed by atoms with Gasteiger partial charge in [-0.3, -0.25) is 9.67 Å². The van der Waals surface area contributed by atoms with Gasteiger partial charge in [0.25, 0.3) is 0 Å². The zero-order valence-electron chi connectivity index (χ0n) is 15.0. The molecule has 3 aromatic heterocycles. The molecule has 0 amide bonds. The highest BCUT2D eigenvalue weighted by atomic mass is 19.4. The minimum absolute atomic E-state index is 0.0746. The Kier molecular flexibility index (Phi) is 4.97. The second-order valence-electron chi connectivity index (χ2n) is 6.75. The Morgan fingerprint density at radius 2 is 1.93 bits per heavy atom. The highest BCUT2D eigenvalue weighted by molar-refractivity contribution is 5.53. The van der Waals surface area contributed by atoms with Crippen molar-refractivity contribution in [2.45, 2.75) is 44.4 Å². The molecule has 0 atom stereocenters. The summed E-state index contributed by atoms with van der Waals surface area (Å²) in [6, 6.07) is 8.12. The average molecular weight is 388 g/mol. The van der Waals surface area contributed by atoms with Crippen molar-refractivity contribution in [3.8, 4) is 11.5 Å². The zero-order chi connectivity index (χ0) is 19.6. The maximum Gasteiger partial charge on any atom is 0.433 e. The molecule has 4 rings (SSSR count). The number of hydrogen-bond donors (Lipinski definition) is 1. The summed E-state index contributed by atoms with van der Waals surface area (Å²) >= 11 is 0. The van der Waals surface area contributed by atoms with Crippen LogP contribution in [-0.4, -0.2) is 24.7 Å². The van der Waals surface area contributed by atoms with Crippen LogP contribution in [0.5, 0.6) is 0 Å². The van der Waals surface area contributed by atoms with Gasteiger partial charge in [0.2, 0.25) is 0 Å². The fourth-order valence-corrected chi connectivity index (χ4v) is 3.32. The van der Waals surface area contributed by atoms with Gasteiger partial charge in [-0.15, -0.1) is 0 Å². The Bertz CT molecular complexity index is 932. The maximum atomic E-state index is 13.2. The highest BCUT2D eigenvalue weighted by Gasteiger charge is 2.34. The number of nitrogens with one attached hydrogen (secondary N) is 1. The van der Waals surface area contributed by atoms with Crippen LogP contribution in [0.15, 0.2) is 42.7 Å². The number of pyridine rings is 1. The molecule has 0 aromatic carbocycles. The van der Waals surface area contributed by atoms with Crippen molar-refractivity contribution in [1.29, 1.82) is 0 Å². The van der Waals surface area contributed by atoms with Gasteiger partial charge in [-0.2, -0.15) is 18.3 Å². The van der Waals surface area contributed by atoms with E-state index in [-0.39, 0.29) is 23.9 Å². The Balaban J connectivity index is 1.55. The Morgan fingerprint density at radius 1 is 1.11 bits per heavy atom. The first kappa shape index (κ1) is 18.4. The second-order valence-corrected chi connectivity index (χ2v) is 6.75. The van der Waals surface area contributed by atoms with Crippen molar-refractivity contribution in [2.24, 2.45) is 0 Å². The standard InChI is InChI=1S/C19H19F3N6/c20-19(21,22)16-11-17(26-18(25-16)15-7-3-4-9-23-15)24-12-13-8-10-28(27-13)14-5-1-2-6-14/h3-4,7-11,14H,1-2,5-6,12H2,(H,24,25,26). The molecule has 9 heteroatoms. The van der Waals surface area contributed by atoms with E-state index < -0.39 is 11.9 Å². The van der Waals surface area contributed by atoms with Gasteiger partial charge in [-0.25, -0.2) is 9.97 Å². The van der Waals surface area contributed by atoms with Gasteiger partial charge in [0.15, 0.2) is 11.5 Å². The van der Waals surface area contributed by atoms with E-state index in [0.29, 0.717) is 6.04 Å². The van der Waals surface area contributed by atoms with Crippen molar-refractivity contribution >= 4 is 5.82 Å². The Labute approximate surface area is 159 Å². The Morgan fingerprint density at radius 3 is 2.64 bits per heavy atom. The van der Waals surface area contributed by atoms with Gasteiger partial charge in [0.1, 0.15) is 11.5 Å². The molecule has 146 valence electrons. The van der Waals surface area contributed by atoms with E-state index in [2.05, 4.69) is 25.4 Å². The summed E-state index contributed by atoms with van der Waals surface area (Å²) in [5, 5.41) is 7.47. The Hall–Kier alpha value is -2.97. The molecular weight excluding hydrogens is 369 g/mol. The van der Waals surface area contributed by atoms with E-state index in [9.17, 15) is 13.2 Å². The molecular formula is C19H19F3N6. The quantitative estimate of drug-likeness (QED) is 0.698. The number of halogens is 3. The maximum absolute atomic E-state index is 13.2. The molecule has 1 aliphatic rings. The monoisotopic (exact) mass is 388 g/mol. The number of rotatable bonds is 5. The summed E-state index contributed by atoms with van der Waals surface area (Å²) in [4.78, 5) is 11.9. The number of hydrogen-bond acceptors (Lipinski definition) is 5. The van der Waals surface area contributed by atoms with Gasteiger partial charge in [-0.05, 0) is 31.0 Å². The van der Waals surface area contributed by atoms with Gasteiger partial charge < -0.3 is 5.32 Å². The lowest BCUT2D eigenvalue weighted by atomic mass is 10.3. The molecule has 1 saturated carbocycles. The third-order valence-corrected chi connectivity index (χ3v) is 4.72. The lowest BCUT2D eigenvalue weighted by Crippen LogP contribution is -2.12. The molecule has 3 aromatic rings. The van der Waals surface area contributed by atoms with Gasteiger partial charge >= 0.3 is 6.18 Å². The van der Waals surface area contributed by atoms with Crippen molar-refractivity contribution in [3.05, 3.63) is 54.1 Å². The first-order chi connectivity index (χ1) is 13.5. The molecule has 3 heterocycles. The van der Waals surface area contributed by atoms with Crippen LogP contribution < -0.4 is 5.32 Å². The minimum atomic E-state index is -4.58. The van der Waals surface area contributed by atoms with E-state index in [1.54, 1.807) is 18.2 Å². The molecule has 0 bridgehead atoms. The van der Waals surface area contributed by atoms with Crippen LogP contribution in [0.4, 0.5) is 19.0 Å². The third kappa shape index (κ3) is 4.13. The van der Waals surface area contributed by atoms with Crippen LogP contribution >= 0.6 is 0 Å². The summed E-state index contributed by atoms with van der Waals surface area (Å²) in [5.74, 6) is 0.00723. The summed E-state index contributed by atoms with van der Waals surface area (Å²) in [6.07, 6.45) is 3.47. The van der Waals surface area contributed by atoms with Crippen molar-refractivity contribution in [3.63, 3.8) is 0 Å².